The van der Waals surface area contributed by atoms with Crippen LogP contribution in [-0.4, -0.2) is 39.6 Å². The zero-order chi connectivity index (χ0) is 19.5. The van der Waals surface area contributed by atoms with E-state index in [9.17, 15) is 4.79 Å². The predicted octanol–water partition coefficient (Wildman–Crippen LogP) is 2.79. The van der Waals surface area contributed by atoms with Gasteiger partial charge in [-0.2, -0.15) is 5.10 Å². The summed E-state index contributed by atoms with van der Waals surface area (Å²) >= 11 is 0. The molecular formula is C21H20N6O. The maximum absolute atomic E-state index is 12.7. The first-order valence-corrected chi connectivity index (χ1v) is 8.92. The molecule has 1 amide bonds. The van der Waals surface area contributed by atoms with Crippen molar-refractivity contribution in [1.82, 2.24) is 24.9 Å². The van der Waals surface area contributed by atoms with Gasteiger partial charge in [-0.05, 0) is 23.8 Å². The van der Waals surface area contributed by atoms with Gasteiger partial charge >= 0.3 is 0 Å². The summed E-state index contributed by atoms with van der Waals surface area (Å²) in [6, 6.07) is 15.6. The van der Waals surface area contributed by atoms with Crippen molar-refractivity contribution in [1.29, 1.82) is 0 Å². The molecule has 0 aliphatic heterocycles. The van der Waals surface area contributed by atoms with Crippen molar-refractivity contribution in [3.63, 3.8) is 0 Å². The molecule has 1 aromatic carbocycles. The fourth-order valence-corrected chi connectivity index (χ4v) is 2.97. The summed E-state index contributed by atoms with van der Waals surface area (Å²) in [7, 11) is 3.86. The van der Waals surface area contributed by atoms with Crippen molar-refractivity contribution in [3.8, 4) is 11.3 Å². The number of hydrogen-bond donors (Lipinski definition) is 1. The number of carbonyl (C=O) groups excluding carboxylic acids is 1. The highest BCUT2D eigenvalue weighted by molar-refractivity contribution is 5.99. The third kappa shape index (κ3) is 3.42. The average Bonchev–Trinajstić information content (AvgIpc) is 3.17. The Balaban J connectivity index is 1.58. The smallest absolute Gasteiger partial charge is 0.257 e. The van der Waals surface area contributed by atoms with E-state index in [1.807, 2.05) is 67.5 Å². The Kier molecular flexibility index (Phi) is 4.72. The van der Waals surface area contributed by atoms with Gasteiger partial charge in [-0.25, -0.2) is 14.5 Å². The van der Waals surface area contributed by atoms with E-state index in [2.05, 4.69) is 20.4 Å². The average molecular weight is 372 g/mol. The largest absolute Gasteiger partial charge is 0.363 e. The van der Waals surface area contributed by atoms with Crippen LogP contribution in [0.3, 0.4) is 0 Å². The Morgan fingerprint density at radius 2 is 1.86 bits per heavy atom. The van der Waals surface area contributed by atoms with Gasteiger partial charge in [-0.3, -0.25) is 4.79 Å². The van der Waals surface area contributed by atoms with E-state index in [0.717, 1.165) is 22.6 Å². The predicted molar refractivity (Wildman–Crippen MR) is 108 cm³/mol. The molecule has 28 heavy (non-hydrogen) atoms. The molecule has 140 valence electrons. The fourth-order valence-electron chi connectivity index (χ4n) is 2.97. The highest BCUT2D eigenvalue weighted by Crippen LogP contribution is 2.20. The second-order valence-electron chi connectivity index (χ2n) is 6.59. The minimum Gasteiger partial charge on any atom is -0.363 e. The summed E-state index contributed by atoms with van der Waals surface area (Å²) in [4.78, 5) is 23.3. The van der Waals surface area contributed by atoms with E-state index >= 15 is 0 Å². The van der Waals surface area contributed by atoms with Gasteiger partial charge in [-0.15, -0.1) is 0 Å². The molecular weight excluding hydrogens is 352 g/mol. The zero-order valence-electron chi connectivity index (χ0n) is 15.7. The minimum atomic E-state index is -0.212. The minimum absolute atomic E-state index is 0.212. The molecule has 0 aliphatic carbocycles. The van der Waals surface area contributed by atoms with E-state index in [1.165, 1.54) is 0 Å². The third-order valence-corrected chi connectivity index (χ3v) is 4.44. The maximum atomic E-state index is 12.7. The molecule has 0 bridgehead atoms. The van der Waals surface area contributed by atoms with Gasteiger partial charge in [0.25, 0.3) is 5.91 Å². The van der Waals surface area contributed by atoms with E-state index in [4.69, 9.17) is 0 Å². The topological polar surface area (TPSA) is 75.4 Å². The maximum Gasteiger partial charge on any atom is 0.257 e. The van der Waals surface area contributed by atoms with E-state index < -0.39 is 0 Å². The van der Waals surface area contributed by atoms with Gasteiger partial charge in [0.15, 0.2) is 5.65 Å². The van der Waals surface area contributed by atoms with Gasteiger partial charge in [0.1, 0.15) is 11.4 Å². The zero-order valence-corrected chi connectivity index (χ0v) is 15.7. The summed E-state index contributed by atoms with van der Waals surface area (Å²) in [5.74, 6) is 0.632. The van der Waals surface area contributed by atoms with Gasteiger partial charge in [0.2, 0.25) is 0 Å². The first-order valence-electron chi connectivity index (χ1n) is 8.92. The Labute approximate surface area is 162 Å². The van der Waals surface area contributed by atoms with E-state index in [-0.39, 0.29) is 5.91 Å². The van der Waals surface area contributed by atoms with Crippen molar-refractivity contribution >= 4 is 17.4 Å². The van der Waals surface area contributed by atoms with E-state index in [1.54, 1.807) is 23.1 Å². The van der Waals surface area contributed by atoms with E-state index in [0.29, 0.717) is 17.8 Å². The van der Waals surface area contributed by atoms with Crippen LogP contribution in [0.25, 0.3) is 16.9 Å². The van der Waals surface area contributed by atoms with Crippen LogP contribution in [0.5, 0.6) is 0 Å². The van der Waals surface area contributed by atoms with Crippen LogP contribution >= 0.6 is 0 Å². The first-order chi connectivity index (χ1) is 13.6. The number of aromatic nitrogens is 4. The lowest BCUT2D eigenvalue weighted by Crippen LogP contribution is -2.23. The van der Waals surface area contributed by atoms with Gasteiger partial charge in [0, 0.05) is 38.6 Å². The van der Waals surface area contributed by atoms with Crippen LogP contribution in [0.15, 0.2) is 67.1 Å². The number of rotatable bonds is 5. The standard InChI is InChI=1S/C21H20N6O/c1-26(2)19-12-15(8-10-22-19)13-24-21(28)17-14-25-27-18(9-11-23-20(17)27)16-6-4-3-5-7-16/h3-12,14H,13H2,1-2H3,(H,24,28). The molecule has 4 rings (SSSR count). The van der Waals surface area contributed by atoms with Crippen LogP contribution < -0.4 is 10.2 Å². The molecule has 0 saturated carbocycles. The molecule has 1 N–H and O–H groups in total. The van der Waals surface area contributed by atoms with Crippen molar-refractivity contribution in [2.24, 2.45) is 0 Å². The number of hydrogen-bond acceptors (Lipinski definition) is 5. The quantitative estimate of drug-likeness (QED) is 0.583. The van der Waals surface area contributed by atoms with Crippen LogP contribution in [0.4, 0.5) is 5.82 Å². The Morgan fingerprint density at radius 1 is 1.07 bits per heavy atom. The fraction of sp³-hybridized carbons (Fsp3) is 0.143. The van der Waals surface area contributed by atoms with Crippen molar-refractivity contribution in [3.05, 3.63) is 78.2 Å². The molecule has 7 nitrogen and oxygen atoms in total. The molecule has 0 unspecified atom stereocenters. The number of nitrogens with one attached hydrogen (secondary N) is 1. The van der Waals surface area contributed by atoms with Crippen molar-refractivity contribution in [2.75, 3.05) is 19.0 Å². The summed E-state index contributed by atoms with van der Waals surface area (Å²) in [6.07, 6.45) is 4.99. The lowest BCUT2D eigenvalue weighted by atomic mass is 10.1. The molecule has 4 aromatic rings. The Hall–Kier alpha value is -3.74. The molecule has 3 heterocycles. The van der Waals surface area contributed by atoms with Gasteiger partial charge in [0.05, 0.1) is 11.9 Å². The molecule has 0 saturated heterocycles. The number of amides is 1. The molecule has 0 aliphatic rings. The molecule has 0 atom stereocenters. The monoisotopic (exact) mass is 372 g/mol. The number of pyridine rings is 1. The summed E-state index contributed by atoms with van der Waals surface area (Å²) in [5, 5.41) is 7.33. The summed E-state index contributed by atoms with van der Waals surface area (Å²) < 4.78 is 1.70. The molecule has 3 aromatic heterocycles. The van der Waals surface area contributed by atoms with Crippen LogP contribution in [0, 0.1) is 0 Å². The van der Waals surface area contributed by atoms with Crippen LogP contribution in [0.1, 0.15) is 15.9 Å². The van der Waals surface area contributed by atoms with Gasteiger partial charge in [-0.1, -0.05) is 30.3 Å². The Morgan fingerprint density at radius 3 is 2.64 bits per heavy atom. The molecule has 0 fully saturated rings. The second-order valence-corrected chi connectivity index (χ2v) is 6.59. The molecule has 0 radical (unpaired) electrons. The third-order valence-electron chi connectivity index (χ3n) is 4.44. The molecule has 7 heteroatoms. The van der Waals surface area contributed by atoms with Crippen molar-refractivity contribution in [2.45, 2.75) is 6.54 Å². The number of fused-ring (bicyclic) bond motifs is 1. The number of benzene rings is 1. The normalized spacial score (nSPS) is 10.8. The Bertz CT molecular complexity index is 1120. The number of carbonyl (C=O) groups is 1. The lowest BCUT2D eigenvalue weighted by molar-refractivity contribution is 0.0952. The molecule has 0 spiro atoms. The lowest BCUT2D eigenvalue weighted by Gasteiger charge is -2.12. The highest BCUT2D eigenvalue weighted by atomic mass is 16.1. The van der Waals surface area contributed by atoms with Crippen molar-refractivity contribution < 1.29 is 4.79 Å². The van der Waals surface area contributed by atoms with Crippen LogP contribution in [-0.2, 0) is 6.54 Å². The summed E-state index contributed by atoms with van der Waals surface area (Å²) in [6.45, 7) is 0.401. The number of nitrogens with zero attached hydrogens (tertiary/aromatic N) is 5. The second kappa shape index (κ2) is 7.48. The van der Waals surface area contributed by atoms with Gasteiger partial charge < -0.3 is 10.2 Å². The van der Waals surface area contributed by atoms with Crippen LogP contribution in [0.2, 0.25) is 0 Å². The number of anilines is 1. The highest BCUT2D eigenvalue weighted by Gasteiger charge is 2.16. The summed E-state index contributed by atoms with van der Waals surface area (Å²) in [5.41, 5.74) is 3.84. The first kappa shape index (κ1) is 17.7. The SMILES string of the molecule is CN(C)c1cc(CNC(=O)c2cnn3c(-c4ccccc4)ccnc23)ccn1.